The van der Waals surface area contributed by atoms with Gasteiger partial charge in [-0.3, -0.25) is 4.79 Å². The van der Waals surface area contributed by atoms with Gasteiger partial charge in [0, 0.05) is 35.4 Å². The van der Waals surface area contributed by atoms with Gasteiger partial charge >= 0.3 is 5.97 Å². The predicted molar refractivity (Wildman–Crippen MR) is 120 cm³/mol. The van der Waals surface area contributed by atoms with Crippen molar-refractivity contribution in [1.82, 2.24) is 5.32 Å². The molecule has 1 aliphatic rings. The fraction of sp³-hybridized carbons (Fsp3) is 0.417. The molecule has 3 rings (SSSR count). The molecule has 1 amide bonds. The summed E-state index contributed by atoms with van der Waals surface area (Å²) in [6, 6.07) is 12.9. The number of hydrogen-bond acceptors (Lipinski definition) is 5. The third-order valence-corrected chi connectivity index (χ3v) is 5.74. The van der Waals surface area contributed by atoms with Gasteiger partial charge in [-0.05, 0) is 43.7 Å². The SMILES string of the molecule is Cc1ccc(OCC(=O)O)c([C@H]2C[C@](C)(NC(=O)CCO)C[C@@H](c3ccc(Cl)cc3)O2)c1. The molecule has 0 aliphatic carbocycles. The number of carbonyl (C=O) groups excluding carboxylic acids is 1. The fourth-order valence-corrected chi connectivity index (χ4v) is 4.17. The molecule has 0 saturated carbocycles. The van der Waals surface area contributed by atoms with Crippen LogP contribution >= 0.6 is 11.6 Å². The van der Waals surface area contributed by atoms with Gasteiger partial charge in [0.15, 0.2) is 6.61 Å². The van der Waals surface area contributed by atoms with E-state index in [9.17, 15) is 9.59 Å². The average molecular weight is 462 g/mol. The number of benzene rings is 2. The van der Waals surface area contributed by atoms with Crippen molar-refractivity contribution < 1.29 is 29.3 Å². The summed E-state index contributed by atoms with van der Waals surface area (Å²) in [6.45, 7) is 3.20. The Bertz CT molecular complexity index is 963. The molecule has 3 N–H and O–H groups in total. The van der Waals surface area contributed by atoms with Crippen LogP contribution < -0.4 is 10.1 Å². The van der Waals surface area contributed by atoms with Gasteiger partial charge in [0.1, 0.15) is 5.75 Å². The Morgan fingerprint density at radius 1 is 1.19 bits per heavy atom. The number of halogens is 1. The molecule has 1 fully saturated rings. The Hall–Kier alpha value is -2.61. The zero-order valence-electron chi connectivity index (χ0n) is 18.1. The van der Waals surface area contributed by atoms with Crippen molar-refractivity contribution in [3.8, 4) is 5.75 Å². The molecule has 8 heteroatoms. The summed E-state index contributed by atoms with van der Waals surface area (Å²) in [7, 11) is 0. The number of hydrogen-bond donors (Lipinski definition) is 3. The van der Waals surface area contributed by atoms with Crippen molar-refractivity contribution in [2.75, 3.05) is 13.2 Å². The molecule has 1 heterocycles. The van der Waals surface area contributed by atoms with E-state index >= 15 is 0 Å². The van der Waals surface area contributed by atoms with Gasteiger partial charge in [0.05, 0.1) is 18.8 Å². The number of aliphatic carboxylic acids is 1. The van der Waals surface area contributed by atoms with Crippen molar-refractivity contribution in [2.45, 2.75) is 50.9 Å². The molecule has 1 saturated heterocycles. The van der Waals surface area contributed by atoms with Gasteiger partial charge in [-0.1, -0.05) is 35.4 Å². The van der Waals surface area contributed by atoms with Gasteiger partial charge in [0.25, 0.3) is 0 Å². The first-order chi connectivity index (χ1) is 15.2. The second-order valence-electron chi connectivity index (χ2n) is 8.38. The molecule has 7 nitrogen and oxygen atoms in total. The Balaban J connectivity index is 1.96. The van der Waals surface area contributed by atoms with Crippen LogP contribution in [0.2, 0.25) is 5.02 Å². The number of rotatable bonds is 8. The highest BCUT2D eigenvalue weighted by atomic mass is 35.5. The maximum absolute atomic E-state index is 12.3. The molecule has 0 radical (unpaired) electrons. The first kappa shape index (κ1) is 24.0. The number of carboxylic acids is 1. The van der Waals surface area contributed by atoms with Crippen molar-refractivity contribution in [3.05, 3.63) is 64.2 Å². The molecule has 0 bridgehead atoms. The van der Waals surface area contributed by atoms with E-state index in [0.717, 1.165) is 16.7 Å². The normalized spacial score (nSPS) is 22.9. The zero-order chi connectivity index (χ0) is 23.3. The number of carbonyl (C=O) groups is 2. The lowest BCUT2D eigenvalue weighted by Crippen LogP contribution is -2.51. The second kappa shape index (κ2) is 10.3. The molecule has 1 aliphatic heterocycles. The van der Waals surface area contributed by atoms with Gasteiger partial charge in [-0.2, -0.15) is 0 Å². The van der Waals surface area contributed by atoms with E-state index in [1.807, 2.05) is 38.1 Å². The molecule has 0 aromatic heterocycles. The van der Waals surface area contributed by atoms with Crippen LogP contribution in [0, 0.1) is 6.92 Å². The largest absolute Gasteiger partial charge is 0.482 e. The quantitative estimate of drug-likeness (QED) is 0.549. The summed E-state index contributed by atoms with van der Waals surface area (Å²) in [5.41, 5.74) is 2.01. The third kappa shape index (κ3) is 6.22. The lowest BCUT2D eigenvalue weighted by Gasteiger charge is -2.43. The van der Waals surface area contributed by atoms with E-state index < -0.39 is 24.2 Å². The molecule has 0 unspecified atom stereocenters. The minimum absolute atomic E-state index is 0.0180. The molecule has 3 atom stereocenters. The van der Waals surface area contributed by atoms with E-state index in [4.69, 9.17) is 31.3 Å². The predicted octanol–water partition coefficient (Wildman–Crippen LogP) is 3.96. The van der Waals surface area contributed by atoms with Gasteiger partial charge in [0.2, 0.25) is 5.91 Å². The lowest BCUT2D eigenvalue weighted by molar-refractivity contribution is -0.139. The van der Waals surface area contributed by atoms with Crippen LogP contribution in [0.5, 0.6) is 5.75 Å². The molecule has 172 valence electrons. The number of aryl methyl sites for hydroxylation is 1. The lowest BCUT2D eigenvalue weighted by atomic mass is 9.81. The van der Waals surface area contributed by atoms with Crippen molar-refractivity contribution >= 4 is 23.5 Å². The molecule has 2 aromatic carbocycles. The first-order valence-electron chi connectivity index (χ1n) is 10.5. The molecule has 32 heavy (non-hydrogen) atoms. The second-order valence-corrected chi connectivity index (χ2v) is 8.82. The summed E-state index contributed by atoms with van der Waals surface area (Å²) in [5, 5.41) is 21.9. The Kier molecular flexibility index (Phi) is 7.77. The van der Waals surface area contributed by atoms with Crippen molar-refractivity contribution in [2.24, 2.45) is 0 Å². The number of amides is 1. The topological polar surface area (TPSA) is 105 Å². The van der Waals surface area contributed by atoms with Gasteiger partial charge in [-0.25, -0.2) is 4.79 Å². The fourth-order valence-electron chi connectivity index (χ4n) is 4.05. The Morgan fingerprint density at radius 2 is 1.88 bits per heavy atom. The highest BCUT2D eigenvalue weighted by Gasteiger charge is 2.41. The minimum atomic E-state index is -1.07. The number of carboxylic acid groups (broad SMARTS) is 1. The summed E-state index contributed by atoms with van der Waals surface area (Å²) < 4.78 is 12.0. The number of ether oxygens (including phenoxy) is 2. The maximum Gasteiger partial charge on any atom is 0.341 e. The van der Waals surface area contributed by atoms with E-state index in [1.165, 1.54) is 0 Å². The van der Waals surface area contributed by atoms with E-state index in [0.29, 0.717) is 23.6 Å². The standard InChI is InChI=1S/C24H28ClNO6/c1-15-3-8-19(31-14-23(29)30)18(11-15)21-13-24(2,26-22(28)9-10-27)12-20(32-21)16-4-6-17(25)7-5-16/h3-8,11,20-21,27H,9-10,12-14H2,1-2H3,(H,26,28)(H,29,30)/t20-,21+,24+/m0/s1. The van der Waals surface area contributed by atoms with Crippen molar-refractivity contribution in [1.29, 1.82) is 0 Å². The minimum Gasteiger partial charge on any atom is -0.482 e. The van der Waals surface area contributed by atoms with E-state index in [1.54, 1.807) is 18.2 Å². The highest BCUT2D eigenvalue weighted by Crippen LogP contribution is 2.46. The average Bonchev–Trinajstić information content (AvgIpc) is 2.72. The smallest absolute Gasteiger partial charge is 0.341 e. The molecule has 0 spiro atoms. The van der Waals surface area contributed by atoms with E-state index in [-0.39, 0.29) is 25.0 Å². The van der Waals surface area contributed by atoms with Gasteiger partial charge < -0.3 is 25.0 Å². The number of nitrogens with one attached hydrogen (secondary N) is 1. The maximum atomic E-state index is 12.3. The number of aliphatic hydroxyl groups is 1. The molecular formula is C24H28ClNO6. The first-order valence-corrected chi connectivity index (χ1v) is 10.8. The van der Waals surface area contributed by atoms with Crippen LogP contribution in [0.25, 0.3) is 0 Å². The monoisotopic (exact) mass is 461 g/mol. The van der Waals surface area contributed by atoms with Crippen molar-refractivity contribution in [3.63, 3.8) is 0 Å². The van der Waals surface area contributed by atoms with Crippen LogP contribution in [-0.4, -0.2) is 40.8 Å². The molecular weight excluding hydrogens is 434 g/mol. The summed E-state index contributed by atoms with van der Waals surface area (Å²) in [5.74, 6) is -0.873. The van der Waals surface area contributed by atoms with Crippen LogP contribution in [0.15, 0.2) is 42.5 Å². The summed E-state index contributed by atoms with van der Waals surface area (Å²) >= 11 is 6.05. The van der Waals surface area contributed by atoms with Crippen LogP contribution in [0.4, 0.5) is 0 Å². The van der Waals surface area contributed by atoms with Crippen LogP contribution in [0.3, 0.4) is 0 Å². The Labute approximate surface area is 192 Å². The van der Waals surface area contributed by atoms with Crippen LogP contribution in [-0.2, 0) is 14.3 Å². The van der Waals surface area contributed by atoms with Crippen LogP contribution in [0.1, 0.15) is 55.1 Å². The molecule has 2 aromatic rings. The van der Waals surface area contributed by atoms with E-state index in [2.05, 4.69) is 5.32 Å². The third-order valence-electron chi connectivity index (χ3n) is 5.49. The highest BCUT2D eigenvalue weighted by molar-refractivity contribution is 6.30. The number of aliphatic hydroxyl groups excluding tert-OH is 1. The van der Waals surface area contributed by atoms with Gasteiger partial charge in [-0.15, -0.1) is 0 Å². The zero-order valence-corrected chi connectivity index (χ0v) is 18.9. The summed E-state index contributed by atoms with van der Waals surface area (Å²) in [6.07, 6.45) is 0.218. The Morgan fingerprint density at radius 3 is 2.53 bits per heavy atom. The summed E-state index contributed by atoms with van der Waals surface area (Å²) in [4.78, 5) is 23.4.